The highest BCUT2D eigenvalue weighted by Gasteiger charge is 2.39. The molecule has 4 rings (SSSR count). The van der Waals surface area contributed by atoms with Gasteiger partial charge in [-0.15, -0.1) is 0 Å². The van der Waals surface area contributed by atoms with E-state index in [9.17, 15) is 9.59 Å². The van der Waals surface area contributed by atoms with Crippen LogP contribution >= 0.6 is 22.6 Å². The molecule has 0 saturated heterocycles. The summed E-state index contributed by atoms with van der Waals surface area (Å²) in [6.45, 7) is 0. The van der Waals surface area contributed by atoms with E-state index in [1.54, 1.807) is 28.8 Å². The summed E-state index contributed by atoms with van der Waals surface area (Å²) in [4.78, 5) is 29.5. The minimum absolute atomic E-state index is 0.0291. The van der Waals surface area contributed by atoms with Gasteiger partial charge >= 0.3 is 5.97 Å². The van der Waals surface area contributed by atoms with Gasteiger partial charge in [0.2, 0.25) is 5.82 Å². The Labute approximate surface area is 169 Å². The maximum Gasteiger partial charge on any atom is 0.313 e. The number of nitrogens with zero attached hydrogens (tertiary/aromatic N) is 2. The normalized spacial score (nSPS) is 15.7. The lowest BCUT2D eigenvalue weighted by Gasteiger charge is -2.22. The average Bonchev–Trinajstić information content (AvgIpc) is 3.16. The predicted molar refractivity (Wildman–Crippen MR) is 108 cm³/mol. The molecule has 7 heteroatoms. The first-order valence-corrected chi connectivity index (χ1v) is 9.35. The second-order valence-corrected chi connectivity index (χ2v) is 7.29. The number of para-hydroxylation sites is 1. The molecule has 1 atom stereocenters. The number of fused-ring (bicyclic) bond motifs is 3. The highest BCUT2D eigenvalue weighted by Crippen LogP contribution is 2.41. The van der Waals surface area contributed by atoms with Crippen LogP contribution in [0.5, 0.6) is 5.75 Å². The summed E-state index contributed by atoms with van der Waals surface area (Å²) in [6, 6.07) is 16.3. The number of rotatable bonds is 4. The molecule has 0 aliphatic carbocycles. The third-order valence-electron chi connectivity index (χ3n) is 4.46. The fraction of sp³-hybridized carbons (Fsp3) is 0.150. The first-order valence-electron chi connectivity index (χ1n) is 8.28. The molecule has 3 aromatic rings. The Morgan fingerprint density at radius 1 is 1.19 bits per heavy atom. The molecule has 0 radical (unpaired) electrons. The van der Waals surface area contributed by atoms with Crippen LogP contribution in [-0.2, 0) is 14.4 Å². The number of hydrogen-bond donors (Lipinski definition) is 0. The van der Waals surface area contributed by atoms with E-state index in [1.165, 1.54) is 12.2 Å². The molecule has 136 valence electrons. The van der Waals surface area contributed by atoms with E-state index in [-0.39, 0.29) is 12.2 Å². The van der Waals surface area contributed by atoms with Gasteiger partial charge in [0.25, 0.3) is 0 Å². The van der Waals surface area contributed by atoms with Crippen molar-refractivity contribution in [2.24, 2.45) is 0 Å². The van der Waals surface area contributed by atoms with Crippen molar-refractivity contribution in [2.45, 2.75) is 12.5 Å². The number of esters is 1. The van der Waals surface area contributed by atoms with E-state index >= 15 is 0 Å². The molecule has 1 aliphatic heterocycles. The van der Waals surface area contributed by atoms with E-state index in [4.69, 9.17) is 9.57 Å². The van der Waals surface area contributed by atoms with Crippen LogP contribution in [0.2, 0.25) is 0 Å². The van der Waals surface area contributed by atoms with Gasteiger partial charge in [-0.05, 0) is 59.0 Å². The van der Waals surface area contributed by atoms with Crippen molar-refractivity contribution < 1.29 is 19.2 Å². The Bertz CT molecular complexity index is 1070. The highest BCUT2D eigenvalue weighted by atomic mass is 127. The zero-order valence-electron chi connectivity index (χ0n) is 14.4. The maximum absolute atomic E-state index is 12.5. The first-order chi connectivity index (χ1) is 13.1. The van der Waals surface area contributed by atoms with Crippen LogP contribution in [0.4, 0.5) is 0 Å². The van der Waals surface area contributed by atoms with Crippen LogP contribution in [-0.4, -0.2) is 28.7 Å². The Hall–Kier alpha value is -2.61. The van der Waals surface area contributed by atoms with E-state index in [0.29, 0.717) is 5.75 Å². The van der Waals surface area contributed by atoms with Gasteiger partial charge in [-0.25, -0.2) is 9.86 Å². The molecule has 0 amide bonds. The molecule has 27 heavy (non-hydrogen) atoms. The van der Waals surface area contributed by atoms with Gasteiger partial charge in [0.05, 0.1) is 24.7 Å². The monoisotopic (exact) mass is 474 g/mol. The zero-order chi connectivity index (χ0) is 19.0. The van der Waals surface area contributed by atoms with Gasteiger partial charge in [0.1, 0.15) is 11.8 Å². The van der Waals surface area contributed by atoms with Crippen LogP contribution in [0, 0.1) is 3.57 Å². The summed E-state index contributed by atoms with van der Waals surface area (Å²) in [5.41, 5.74) is 1.65. The molecule has 1 aliphatic rings. The van der Waals surface area contributed by atoms with Crippen LogP contribution in [0.3, 0.4) is 0 Å². The summed E-state index contributed by atoms with van der Waals surface area (Å²) >= 11 is 2.24. The second kappa shape index (κ2) is 7.19. The van der Waals surface area contributed by atoms with Crippen molar-refractivity contribution in [3.8, 4) is 5.75 Å². The molecule has 6 nitrogen and oxygen atoms in total. The van der Waals surface area contributed by atoms with Crippen molar-refractivity contribution in [3.05, 3.63) is 63.9 Å². The summed E-state index contributed by atoms with van der Waals surface area (Å²) in [7, 11) is 1.46. The number of hydrogen-bond acceptors (Lipinski definition) is 5. The van der Waals surface area contributed by atoms with Gasteiger partial charge in [0, 0.05) is 8.96 Å². The number of halogens is 1. The molecule has 2 aromatic carbocycles. The first kappa shape index (κ1) is 17.8. The fourth-order valence-electron chi connectivity index (χ4n) is 3.37. The number of ether oxygens (including phenoxy) is 1. The molecular weight excluding hydrogens is 459 g/mol. The van der Waals surface area contributed by atoms with Gasteiger partial charge in [-0.1, -0.05) is 18.2 Å². The number of aromatic nitrogens is 1. The molecule has 0 bridgehead atoms. The van der Waals surface area contributed by atoms with Gasteiger partial charge < -0.3 is 4.74 Å². The average molecular weight is 474 g/mol. The number of carbonyl (C=O) groups is 1. The van der Waals surface area contributed by atoms with Crippen molar-refractivity contribution in [3.63, 3.8) is 0 Å². The minimum atomic E-state index is -0.479. The Morgan fingerprint density at radius 2 is 1.96 bits per heavy atom. The molecule has 0 saturated carbocycles. The van der Waals surface area contributed by atoms with Crippen molar-refractivity contribution >= 4 is 51.2 Å². The van der Waals surface area contributed by atoms with Gasteiger partial charge in [-0.3, -0.25) is 14.2 Å². The zero-order valence-corrected chi connectivity index (χ0v) is 16.5. The van der Waals surface area contributed by atoms with Crippen LogP contribution in [0.15, 0.2) is 54.6 Å². The number of hydroxylamine groups is 2. The molecule has 0 N–H and O–H groups in total. The van der Waals surface area contributed by atoms with E-state index in [0.717, 1.165) is 20.2 Å². The Kier molecular flexibility index (Phi) is 4.73. The fourth-order valence-corrected chi connectivity index (χ4v) is 3.88. The van der Waals surface area contributed by atoms with E-state index in [2.05, 4.69) is 22.6 Å². The molecule has 1 aromatic heterocycles. The molecule has 0 spiro atoms. The SMILES string of the molecule is CON1C(=C=O)n2c(cc3cc(I)ccc32)C1CC(=O)Oc1ccccc1. The second-order valence-electron chi connectivity index (χ2n) is 6.05. The smallest absolute Gasteiger partial charge is 0.313 e. The largest absolute Gasteiger partial charge is 0.426 e. The van der Waals surface area contributed by atoms with Crippen LogP contribution in [0.1, 0.15) is 18.2 Å². The minimum Gasteiger partial charge on any atom is -0.426 e. The summed E-state index contributed by atoms with van der Waals surface area (Å²) < 4.78 is 8.27. The quantitative estimate of drug-likeness (QED) is 0.249. The van der Waals surface area contributed by atoms with Gasteiger partial charge in [-0.2, -0.15) is 0 Å². The summed E-state index contributed by atoms with van der Waals surface area (Å²) in [5, 5.41) is 2.40. The highest BCUT2D eigenvalue weighted by molar-refractivity contribution is 14.1. The molecular formula is C20H15IN2O4. The third-order valence-corrected chi connectivity index (χ3v) is 5.13. The lowest BCUT2D eigenvalue weighted by molar-refractivity contribution is -0.143. The molecule has 0 fully saturated rings. The number of benzene rings is 2. The Balaban J connectivity index is 1.71. The maximum atomic E-state index is 12.5. The lowest BCUT2D eigenvalue weighted by atomic mass is 10.1. The Morgan fingerprint density at radius 3 is 2.67 bits per heavy atom. The van der Waals surface area contributed by atoms with Crippen molar-refractivity contribution in [1.29, 1.82) is 0 Å². The standard InChI is InChI=1S/C20H15IN2O4/c1-26-23-18(11-20(25)27-15-5-3-2-4-6-15)17-10-13-9-14(21)7-8-16(13)22(17)19(23)12-24/h2-10,18H,11H2,1H3. The third kappa shape index (κ3) is 3.14. The molecule has 2 heterocycles. The summed E-state index contributed by atoms with van der Waals surface area (Å²) in [6.07, 6.45) is 0.0291. The topological polar surface area (TPSA) is 60.8 Å². The van der Waals surface area contributed by atoms with E-state index < -0.39 is 12.0 Å². The van der Waals surface area contributed by atoms with Crippen LogP contribution < -0.4 is 4.74 Å². The number of carbonyl (C=O) groups excluding carboxylic acids is 2. The van der Waals surface area contributed by atoms with Gasteiger partial charge in [0.15, 0.2) is 5.94 Å². The van der Waals surface area contributed by atoms with E-state index in [1.807, 2.05) is 36.3 Å². The van der Waals surface area contributed by atoms with Crippen LogP contribution in [0.25, 0.3) is 16.7 Å². The van der Waals surface area contributed by atoms with Crippen molar-refractivity contribution in [1.82, 2.24) is 9.63 Å². The summed E-state index contributed by atoms with van der Waals surface area (Å²) in [5.74, 6) is 2.23. The van der Waals surface area contributed by atoms with Crippen molar-refractivity contribution in [2.75, 3.05) is 7.11 Å². The molecule has 1 unspecified atom stereocenters. The predicted octanol–water partition coefficient (Wildman–Crippen LogP) is 3.79. The lowest BCUT2D eigenvalue weighted by Crippen LogP contribution is -2.25.